The number of carboxylic acid groups (broad SMARTS) is 1. The van der Waals surface area contributed by atoms with Crippen molar-refractivity contribution in [3.8, 4) is 0 Å². The van der Waals surface area contributed by atoms with Crippen molar-refractivity contribution in [1.82, 2.24) is 4.90 Å². The molecule has 1 N–H and O–H groups in total. The molecule has 20 heavy (non-hydrogen) atoms. The quantitative estimate of drug-likeness (QED) is 0.669. The summed E-state index contributed by atoms with van der Waals surface area (Å²) in [7, 11) is 0. The van der Waals surface area contributed by atoms with Gasteiger partial charge in [0, 0.05) is 18.4 Å². The molecule has 1 heterocycles. The van der Waals surface area contributed by atoms with E-state index in [2.05, 4.69) is 0 Å². The lowest BCUT2D eigenvalue weighted by molar-refractivity contribution is -0.140. The Balaban J connectivity index is 2.06. The SMILES string of the molecule is CC1CC(=O)N(Cc2ccc(C=CC(=O)O)cc2)C1=O. The molecule has 1 aliphatic rings. The van der Waals surface area contributed by atoms with Crippen LogP contribution in [0.3, 0.4) is 0 Å². The third kappa shape index (κ3) is 3.12. The fraction of sp³-hybridized carbons (Fsp3) is 0.267. The van der Waals surface area contributed by atoms with Gasteiger partial charge < -0.3 is 5.11 Å². The Hall–Kier alpha value is -2.43. The molecular weight excluding hydrogens is 258 g/mol. The van der Waals surface area contributed by atoms with Crippen LogP contribution in [0.5, 0.6) is 0 Å². The number of amides is 2. The van der Waals surface area contributed by atoms with Crippen LogP contribution >= 0.6 is 0 Å². The maximum atomic E-state index is 11.8. The minimum atomic E-state index is -1.00. The van der Waals surface area contributed by atoms with Crippen molar-refractivity contribution in [2.75, 3.05) is 0 Å². The Labute approximate surface area is 116 Å². The maximum absolute atomic E-state index is 11.8. The minimum Gasteiger partial charge on any atom is -0.478 e. The zero-order valence-electron chi connectivity index (χ0n) is 11.1. The Morgan fingerprint density at radius 2 is 2.00 bits per heavy atom. The largest absolute Gasteiger partial charge is 0.478 e. The second kappa shape index (κ2) is 5.69. The highest BCUT2D eigenvalue weighted by atomic mass is 16.4. The predicted octanol–water partition coefficient (Wildman–Crippen LogP) is 1.68. The van der Waals surface area contributed by atoms with Gasteiger partial charge in [0.2, 0.25) is 11.8 Å². The number of carbonyl (C=O) groups excluding carboxylic acids is 2. The van der Waals surface area contributed by atoms with Crippen molar-refractivity contribution in [1.29, 1.82) is 0 Å². The highest BCUT2D eigenvalue weighted by molar-refractivity contribution is 6.03. The summed E-state index contributed by atoms with van der Waals surface area (Å²) >= 11 is 0. The van der Waals surface area contributed by atoms with E-state index in [1.54, 1.807) is 31.2 Å². The smallest absolute Gasteiger partial charge is 0.328 e. The first-order chi connectivity index (χ1) is 9.47. The van der Waals surface area contributed by atoms with Crippen LogP contribution in [-0.2, 0) is 20.9 Å². The average molecular weight is 273 g/mol. The van der Waals surface area contributed by atoms with Crippen LogP contribution in [0, 0.1) is 5.92 Å². The number of likely N-dealkylation sites (tertiary alicyclic amines) is 1. The molecule has 1 aromatic carbocycles. The molecule has 0 radical (unpaired) electrons. The van der Waals surface area contributed by atoms with E-state index in [-0.39, 0.29) is 30.7 Å². The van der Waals surface area contributed by atoms with Crippen LogP contribution in [0.4, 0.5) is 0 Å². The first-order valence-corrected chi connectivity index (χ1v) is 6.31. The Kier molecular flexibility index (Phi) is 3.98. The molecule has 1 saturated heterocycles. The molecule has 2 rings (SSSR count). The number of imide groups is 1. The van der Waals surface area contributed by atoms with E-state index in [1.165, 1.54) is 11.0 Å². The van der Waals surface area contributed by atoms with Gasteiger partial charge in [-0.15, -0.1) is 0 Å². The lowest BCUT2D eigenvalue weighted by atomic mass is 10.1. The van der Waals surface area contributed by atoms with Gasteiger partial charge in [-0.3, -0.25) is 14.5 Å². The van der Waals surface area contributed by atoms with Gasteiger partial charge in [-0.2, -0.15) is 0 Å². The van der Waals surface area contributed by atoms with Gasteiger partial charge in [-0.1, -0.05) is 31.2 Å². The van der Waals surface area contributed by atoms with Crippen LogP contribution in [0.2, 0.25) is 0 Å². The number of carbonyl (C=O) groups is 3. The molecule has 5 heteroatoms. The van der Waals surface area contributed by atoms with Gasteiger partial charge in [0.15, 0.2) is 0 Å². The summed E-state index contributed by atoms with van der Waals surface area (Å²) < 4.78 is 0. The third-order valence-electron chi connectivity index (χ3n) is 3.21. The molecule has 0 spiro atoms. The van der Waals surface area contributed by atoms with E-state index in [1.807, 2.05) is 0 Å². The second-order valence-electron chi connectivity index (χ2n) is 4.84. The van der Waals surface area contributed by atoms with Crippen LogP contribution in [0.15, 0.2) is 30.3 Å². The zero-order valence-corrected chi connectivity index (χ0v) is 11.1. The fourth-order valence-electron chi connectivity index (χ4n) is 2.10. The Bertz CT molecular complexity index is 574. The third-order valence-corrected chi connectivity index (χ3v) is 3.21. The van der Waals surface area contributed by atoms with Gasteiger partial charge >= 0.3 is 5.97 Å². The second-order valence-corrected chi connectivity index (χ2v) is 4.84. The van der Waals surface area contributed by atoms with E-state index in [4.69, 9.17) is 5.11 Å². The molecule has 1 aliphatic heterocycles. The maximum Gasteiger partial charge on any atom is 0.328 e. The highest BCUT2D eigenvalue weighted by Crippen LogP contribution is 2.21. The number of hydrogen-bond donors (Lipinski definition) is 1. The summed E-state index contributed by atoms with van der Waals surface area (Å²) in [6, 6.07) is 7.07. The van der Waals surface area contributed by atoms with E-state index in [9.17, 15) is 14.4 Å². The predicted molar refractivity (Wildman–Crippen MR) is 72.4 cm³/mol. The van der Waals surface area contributed by atoms with Gasteiger partial charge in [0.1, 0.15) is 0 Å². The molecule has 1 fully saturated rings. The van der Waals surface area contributed by atoms with E-state index < -0.39 is 5.97 Å². The monoisotopic (exact) mass is 273 g/mol. The number of rotatable bonds is 4. The summed E-state index contributed by atoms with van der Waals surface area (Å²) in [6.07, 6.45) is 2.82. The van der Waals surface area contributed by atoms with Crippen molar-refractivity contribution >= 4 is 23.9 Å². The molecule has 0 bridgehead atoms. The van der Waals surface area contributed by atoms with Crippen molar-refractivity contribution in [3.05, 3.63) is 41.5 Å². The molecule has 1 aromatic rings. The van der Waals surface area contributed by atoms with Crippen molar-refractivity contribution in [2.45, 2.75) is 19.9 Å². The number of aliphatic carboxylic acids is 1. The van der Waals surface area contributed by atoms with Crippen LogP contribution in [0.1, 0.15) is 24.5 Å². The van der Waals surface area contributed by atoms with Crippen LogP contribution in [0.25, 0.3) is 6.08 Å². The van der Waals surface area contributed by atoms with Gasteiger partial charge in [0.25, 0.3) is 0 Å². The summed E-state index contributed by atoms with van der Waals surface area (Å²) in [4.78, 5) is 35.1. The summed E-state index contributed by atoms with van der Waals surface area (Å²) in [5.74, 6) is -1.52. The minimum absolute atomic E-state index is 0.134. The number of hydrogen-bond acceptors (Lipinski definition) is 3. The topological polar surface area (TPSA) is 74.7 Å². The average Bonchev–Trinajstić information content (AvgIpc) is 2.64. The van der Waals surface area contributed by atoms with E-state index in [0.717, 1.165) is 17.2 Å². The number of nitrogens with zero attached hydrogens (tertiary/aromatic N) is 1. The van der Waals surface area contributed by atoms with Crippen molar-refractivity contribution in [3.63, 3.8) is 0 Å². The standard InChI is InChI=1S/C15H15NO4/c1-10-8-13(17)16(15(10)20)9-12-4-2-11(3-5-12)6-7-14(18)19/h2-7,10H,8-9H2,1H3,(H,18,19). The van der Waals surface area contributed by atoms with Gasteiger partial charge in [-0.05, 0) is 17.2 Å². The molecule has 0 saturated carbocycles. The summed E-state index contributed by atoms with van der Waals surface area (Å²) in [6.45, 7) is 2.02. The zero-order chi connectivity index (χ0) is 14.7. The number of carboxylic acids is 1. The number of benzene rings is 1. The lowest BCUT2D eigenvalue weighted by Gasteiger charge is -2.14. The summed E-state index contributed by atoms with van der Waals surface area (Å²) in [5, 5.41) is 8.53. The van der Waals surface area contributed by atoms with E-state index in [0.29, 0.717) is 0 Å². The summed E-state index contributed by atoms with van der Waals surface area (Å²) in [5.41, 5.74) is 1.59. The highest BCUT2D eigenvalue weighted by Gasteiger charge is 2.35. The molecule has 0 aromatic heterocycles. The van der Waals surface area contributed by atoms with E-state index >= 15 is 0 Å². The molecule has 1 unspecified atom stereocenters. The first kappa shape index (κ1) is 14.0. The molecule has 1 atom stereocenters. The molecular formula is C15H15NO4. The van der Waals surface area contributed by atoms with Crippen LogP contribution < -0.4 is 0 Å². The van der Waals surface area contributed by atoms with Crippen molar-refractivity contribution in [2.24, 2.45) is 5.92 Å². The van der Waals surface area contributed by atoms with Crippen LogP contribution in [-0.4, -0.2) is 27.8 Å². The first-order valence-electron chi connectivity index (χ1n) is 6.31. The molecule has 5 nitrogen and oxygen atoms in total. The van der Waals surface area contributed by atoms with Gasteiger partial charge in [-0.25, -0.2) is 4.79 Å². The molecule has 0 aliphatic carbocycles. The molecule has 104 valence electrons. The fourth-order valence-corrected chi connectivity index (χ4v) is 2.10. The van der Waals surface area contributed by atoms with Crippen molar-refractivity contribution < 1.29 is 19.5 Å². The normalized spacial score (nSPS) is 19.1. The lowest BCUT2D eigenvalue weighted by Crippen LogP contribution is -2.29. The Morgan fingerprint density at radius 3 is 2.50 bits per heavy atom. The Morgan fingerprint density at radius 1 is 1.35 bits per heavy atom. The molecule has 2 amide bonds. The van der Waals surface area contributed by atoms with Gasteiger partial charge in [0.05, 0.1) is 6.54 Å².